The van der Waals surface area contributed by atoms with Gasteiger partial charge >= 0.3 is 0 Å². The first-order chi connectivity index (χ1) is 8.81. The SMILES string of the molecule is NS(=O)(=O)C1=CC=C(Br)C(F)(Cc2ccncc2)C1. The number of alkyl halides is 1. The van der Waals surface area contributed by atoms with Crippen LogP contribution < -0.4 is 5.14 Å². The molecule has 1 aromatic heterocycles. The van der Waals surface area contributed by atoms with Gasteiger partial charge in [-0.3, -0.25) is 4.98 Å². The molecule has 1 heterocycles. The number of halogens is 2. The molecule has 19 heavy (non-hydrogen) atoms. The van der Waals surface area contributed by atoms with Crippen molar-refractivity contribution in [1.29, 1.82) is 0 Å². The van der Waals surface area contributed by atoms with Gasteiger partial charge in [-0.15, -0.1) is 0 Å². The summed E-state index contributed by atoms with van der Waals surface area (Å²) in [6.45, 7) is 0. The lowest BCUT2D eigenvalue weighted by Gasteiger charge is -2.28. The number of aromatic nitrogens is 1. The number of nitrogens with two attached hydrogens (primary N) is 1. The van der Waals surface area contributed by atoms with E-state index in [1.54, 1.807) is 24.5 Å². The van der Waals surface area contributed by atoms with Crippen LogP contribution in [-0.2, 0) is 16.4 Å². The van der Waals surface area contributed by atoms with Crippen LogP contribution in [0.1, 0.15) is 12.0 Å². The molecule has 2 rings (SSSR count). The standard InChI is InChI=1S/C12H12BrFN2O2S/c13-11-2-1-10(19(15,17)18)8-12(11,14)7-9-3-5-16-6-4-9/h1-6H,7-8H2,(H2,15,17,18). The van der Waals surface area contributed by atoms with E-state index in [1.165, 1.54) is 12.2 Å². The summed E-state index contributed by atoms with van der Waals surface area (Å²) >= 11 is 3.15. The first kappa shape index (κ1) is 14.4. The lowest BCUT2D eigenvalue weighted by Crippen LogP contribution is -2.32. The Bertz CT molecular complexity index is 643. The average molecular weight is 347 g/mol. The highest BCUT2D eigenvalue weighted by molar-refractivity contribution is 9.11. The van der Waals surface area contributed by atoms with E-state index >= 15 is 0 Å². The van der Waals surface area contributed by atoms with Crippen LogP contribution in [0.3, 0.4) is 0 Å². The predicted octanol–water partition coefficient (Wildman–Crippen LogP) is 2.19. The molecule has 0 aromatic carbocycles. The molecular formula is C12H12BrFN2O2S. The number of hydrogen-bond donors (Lipinski definition) is 1. The number of allylic oxidation sites excluding steroid dienone is 4. The third kappa shape index (κ3) is 3.29. The molecule has 102 valence electrons. The fourth-order valence-corrected chi connectivity index (χ4v) is 3.00. The van der Waals surface area contributed by atoms with Gasteiger partial charge in [0, 0.05) is 29.7 Å². The number of hydrogen-bond acceptors (Lipinski definition) is 3. The summed E-state index contributed by atoms with van der Waals surface area (Å²) in [4.78, 5) is 3.75. The highest BCUT2D eigenvalue weighted by Crippen LogP contribution is 2.40. The van der Waals surface area contributed by atoms with Crippen molar-refractivity contribution in [2.24, 2.45) is 5.14 Å². The first-order valence-electron chi connectivity index (χ1n) is 5.49. The number of rotatable bonds is 3. The van der Waals surface area contributed by atoms with E-state index < -0.39 is 15.7 Å². The van der Waals surface area contributed by atoms with E-state index in [0.29, 0.717) is 4.48 Å². The molecule has 4 nitrogen and oxygen atoms in total. The molecular weight excluding hydrogens is 335 g/mol. The minimum Gasteiger partial charge on any atom is -0.265 e. The van der Waals surface area contributed by atoms with Crippen LogP contribution in [0, 0.1) is 0 Å². The van der Waals surface area contributed by atoms with Crippen LogP contribution in [-0.4, -0.2) is 19.1 Å². The first-order valence-corrected chi connectivity index (χ1v) is 7.83. The van der Waals surface area contributed by atoms with Gasteiger partial charge in [-0.25, -0.2) is 17.9 Å². The molecule has 0 saturated carbocycles. The van der Waals surface area contributed by atoms with Crippen LogP contribution in [0.4, 0.5) is 4.39 Å². The Balaban J connectivity index is 2.30. The molecule has 1 aromatic rings. The van der Waals surface area contributed by atoms with E-state index in [4.69, 9.17) is 5.14 Å². The summed E-state index contributed by atoms with van der Waals surface area (Å²) in [6.07, 6.45) is 5.63. The van der Waals surface area contributed by atoms with Gasteiger partial charge in [0.2, 0.25) is 10.0 Å². The van der Waals surface area contributed by atoms with Crippen molar-refractivity contribution in [3.05, 3.63) is 51.6 Å². The molecule has 0 aliphatic heterocycles. The van der Waals surface area contributed by atoms with Crippen LogP contribution in [0.25, 0.3) is 0 Å². The summed E-state index contributed by atoms with van der Waals surface area (Å²) < 4.78 is 37.9. The van der Waals surface area contributed by atoms with Crippen molar-refractivity contribution in [1.82, 2.24) is 4.98 Å². The Kier molecular flexibility index (Phi) is 3.89. The second-order valence-electron chi connectivity index (χ2n) is 4.37. The highest BCUT2D eigenvalue weighted by atomic mass is 79.9. The monoisotopic (exact) mass is 346 g/mol. The number of primary sulfonamides is 1. The van der Waals surface area contributed by atoms with Gasteiger partial charge < -0.3 is 0 Å². The van der Waals surface area contributed by atoms with Gasteiger partial charge in [-0.1, -0.05) is 15.9 Å². The van der Waals surface area contributed by atoms with Crippen molar-refractivity contribution in [2.75, 3.05) is 0 Å². The molecule has 1 aliphatic carbocycles. The Morgan fingerprint density at radius 1 is 1.37 bits per heavy atom. The minimum absolute atomic E-state index is 0.0550. The van der Waals surface area contributed by atoms with Crippen LogP contribution >= 0.6 is 15.9 Å². The molecule has 0 spiro atoms. The third-order valence-corrected chi connectivity index (χ3v) is 4.88. The average Bonchev–Trinajstić information content (AvgIpc) is 2.33. The molecule has 0 bridgehead atoms. The smallest absolute Gasteiger partial charge is 0.234 e. The lowest BCUT2D eigenvalue weighted by atomic mass is 9.90. The van der Waals surface area contributed by atoms with Gasteiger partial charge in [-0.2, -0.15) is 0 Å². The summed E-state index contributed by atoms with van der Waals surface area (Å²) in [6, 6.07) is 3.38. The van der Waals surface area contributed by atoms with E-state index in [2.05, 4.69) is 20.9 Å². The maximum absolute atomic E-state index is 14.9. The fraction of sp³-hybridized carbons (Fsp3) is 0.250. The summed E-state index contributed by atoms with van der Waals surface area (Å²) in [7, 11) is -3.87. The van der Waals surface area contributed by atoms with Gasteiger partial charge in [-0.05, 0) is 29.8 Å². The molecule has 2 N–H and O–H groups in total. The second-order valence-corrected chi connectivity index (χ2v) is 6.84. The molecule has 1 unspecified atom stereocenters. The molecule has 0 fully saturated rings. The molecule has 1 atom stereocenters. The van der Waals surface area contributed by atoms with Crippen LogP contribution in [0.15, 0.2) is 46.1 Å². The summed E-state index contributed by atoms with van der Waals surface area (Å²) in [5, 5.41) is 5.05. The zero-order valence-corrected chi connectivity index (χ0v) is 12.3. The Hall–Kier alpha value is -1.05. The molecule has 0 radical (unpaired) electrons. The van der Waals surface area contributed by atoms with Crippen molar-refractivity contribution < 1.29 is 12.8 Å². The van der Waals surface area contributed by atoms with Crippen molar-refractivity contribution >= 4 is 26.0 Å². The molecule has 7 heteroatoms. The van der Waals surface area contributed by atoms with Crippen LogP contribution in [0.2, 0.25) is 0 Å². The second kappa shape index (κ2) is 5.15. The third-order valence-electron chi connectivity index (χ3n) is 2.90. The van der Waals surface area contributed by atoms with Crippen molar-refractivity contribution in [3.63, 3.8) is 0 Å². The molecule has 0 saturated heterocycles. The summed E-state index contributed by atoms with van der Waals surface area (Å²) in [5.74, 6) is 0. The maximum atomic E-state index is 14.9. The quantitative estimate of drug-likeness (QED) is 0.911. The Labute approximate surface area is 119 Å². The van der Waals surface area contributed by atoms with Gasteiger partial charge in [0.25, 0.3) is 0 Å². The zero-order chi connectivity index (χ0) is 14.1. The fourth-order valence-electron chi connectivity index (χ4n) is 1.90. The van der Waals surface area contributed by atoms with E-state index in [-0.39, 0.29) is 17.7 Å². The van der Waals surface area contributed by atoms with Gasteiger partial charge in [0.15, 0.2) is 5.67 Å². The minimum atomic E-state index is -3.87. The van der Waals surface area contributed by atoms with Crippen molar-refractivity contribution in [2.45, 2.75) is 18.5 Å². The maximum Gasteiger partial charge on any atom is 0.234 e. The number of sulfonamides is 1. The largest absolute Gasteiger partial charge is 0.265 e. The predicted molar refractivity (Wildman–Crippen MR) is 74.6 cm³/mol. The Morgan fingerprint density at radius 2 is 2.00 bits per heavy atom. The number of nitrogens with zero attached hydrogens (tertiary/aromatic N) is 1. The van der Waals surface area contributed by atoms with E-state index in [9.17, 15) is 12.8 Å². The van der Waals surface area contributed by atoms with E-state index in [1.807, 2.05) is 0 Å². The van der Waals surface area contributed by atoms with E-state index in [0.717, 1.165) is 5.56 Å². The highest BCUT2D eigenvalue weighted by Gasteiger charge is 2.38. The number of pyridine rings is 1. The summed E-state index contributed by atoms with van der Waals surface area (Å²) in [5.41, 5.74) is -1.07. The van der Waals surface area contributed by atoms with Crippen molar-refractivity contribution in [3.8, 4) is 0 Å². The van der Waals surface area contributed by atoms with Gasteiger partial charge in [0.1, 0.15) is 0 Å². The molecule has 1 aliphatic rings. The Morgan fingerprint density at radius 3 is 2.58 bits per heavy atom. The normalized spacial score (nSPS) is 23.7. The lowest BCUT2D eigenvalue weighted by molar-refractivity contribution is 0.224. The van der Waals surface area contributed by atoms with Gasteiger partial charge in [0.05, 0.1) is 4.91 Å². The zero-order valence-electron chi connectivity index (χ0n) is 9.88. The topological polar surface area (TPSA) is 73.1 Å². The molecule has 0 amide bonds. The van der Waals surface area contributed by atoms with Crippen LogP contribution in [0.5, 0.6) is 0 Å².